The number of pyridine rings is 2. The zero-order valence-corrected chi connectivity index (χ0v) is 24.6. The summed E-state index contributed by atoms with van der Waals surface area (Å²) < 4.78 is 55.3. The number of hydrogen-bond donors (Lipinski definition) is 4. The van der Waals surface area contributed by atoms with E-state index in [1.165, 1.54) is 30.6 Å². The predicted molar refractivity (Wildman–Crippen MR) is 163 cm³/mol. The SMILES string of the molecule is CC(C)C(=O)Nc1cncc(-c2cc3c(-c4nc5c(-c6cc(F)cc(CNS(C)(=O)=O)c6)nccc5[nH]4)n[nH]c3cc2F)c1. The molecule has 0 aliphatic heterocycles. The molecule has 0 saturated carbocycles. The fourth-order valence-electron chi connectivity index (χ4n) is 4.74. The van der Waals surface area contributed by atoms with Gasteiger partial charge < -0.3 is 10.3 Å². The number of H-pyrrole nitrogens is 2. The summed E-state index contributed by atoms with van der Waals surface area (Å²) in [5.41, 5.74) is 4.24. The number of rotatable bonds is 8. The van der Waals surface area contributed by atoms with E-state index in [1.807, 2.05) is 0 Å². The lowest BCUT2D eigenvalue weighted by Crippen LogP contribution is -2.21. The molecular formula is C30H26F2N8O3S. The van der Waals surface area contributed by atoms with Gasteiger partial charge in [0.1, 0.15) is 22.8 Å². The smallest absolute Gasteiger partial charge is 0.226 e. The number of carbonyl (C=O) groups excluding carboxylic acids is 1. The number of aromatic amines is 2. The third-order valence-corrected chi connectivity index (χ3v) is 7.56. The van der Waals surface area contributed by atoms with E-state index in [0.717, 1.165) is 6.26 Å². The van der Waals surface area contributed by atoms with Gasteiger partial charge in [0.25, 0.3) is 0 Å². The lowest BCUT2D eigenvalue weighted by molar-refractivity contribution is -0.118. The van der Waals surface area contributed by atoms with Crippen molar-refractivity contribution >= 4 is 43.6 Å². The molecule has 0 atom stereocenters. The zero-order valence-electron chi connectivity index (χ0n) is 23.7. The number of halogens is 2. The molecule has 0 aliphatic carbocycles. The van der Waals surface area contributed by atoms with Crippen LogP contribution < -0.4 is 10.0 Å². The Labute approximate surface area is 250 Å². The molecule has 0 unspecified atom stereocenters. The van der Waals surface area contributed by atoms with E-state index >= 15 is 4.39 Å². The summed E-state index contributed by atoms with van der Waals surface area (Å²) in [6, 6.07) is 10.5. The van der Waals surface area contributed by atoms with Gasteiger partial charge in [-0.05, 0) is 42.0 Å². The molecule has 11 nitrogen and oxygen atoms in total. The normalized spacial score (nSPS) is 12.0. The van der Waals surface area contributed by atoms with Gasteiger partial charge in [-0.3, -0.25) is 19.9 Å². The van der Waals surface area contributed by atoms with E-state index in [9.17, 15) is 17.6 Å². The molecule has 0 radical (unpaired) electrons. The van der Waals surface area contributed by atoms with Gasteiger partial charge in [-0.1, -0.05) is 13.8 Å². The zero-order chi connectivity index (χ0) is 31.2. The second kappa shape index (κ2) is 11.2. The maximum Gasteiger partial charge on any atom is 0.226 e. The van der Waals surface area contributed by atoms with Crippen LogP contribution in [0.15, 0.2) is 61.1 Å². The lowest BCUT2D eigenvalue weighted by atomic mass is 10.0. The van der Waals surface area contributed by atoms with Crippen LogP contribution in [-0.2, 0) is 21.4 Å². The van der Waals surface area contributed by atoms with Crippen molar-refractivity contribution in [2.24, 2.45) is 5.92 Å². The molecule has 0 spiro atoms. The monoisotopic (exact) mass is 616 g/mol. The van der Waals surface area contributed by atoms with Gasteiger partial charge in [-0.15, -0.1) is 0 Å². The molecule has 4 aromatic heterocycles. The number of sulfonamides is 1. The van der Waals surface area contributed by atoms with Crippen LogP contribution in [0.25, 0.3) is 55.8 Å². The second-order valence-corrected chi connectivity index (χ2v) is 12.5. The Hall–Kier alpha value is -5.08. The van der Waals surface area contributed by atoms with Crippen molar-refractivity contribution in [2.75, 3.05) is 11.6 Å². The number of hydrogen-bond acceptors (Lipinski definition) is 7. The highest BCUT2D eigenvalue weighted by molar-refractivity contribution is 7.88. The summed E-state index contributed by atoms with van der Waals surface area (Å²) >= 11 is 0. The van der Waals surface area contributed by atoms with Crippen molar-refractivity contribution in [3.05, 3.63) is 78.3 Å². The van der Waals surface area contributed by atoms with Gasteiger partial charge in [0.15, 0.2) is 5.82 Å². The average Bonchev–Trinajstić information content (AvgIpc) is 3.58. The number of amides is 1. The van der Waals surface area contributed by atoms with Crippen LogP contribution in [0.3, 0.4) is 0 Å². The predicted octanol–water partition coefficient (Wildman–Crippen LogP) is 5.15. The summed E-state index contributed by atoms with van der Waals surface area (Å²) in [7, 11) is -3.48. The number of nitrogens with zero attached hydrogens (tertiary/aromatic N) is 4. The first-order chi connectivity index (χ1) is 20.9. The fourth-order valence-corrected chi connectivity index (χ4v) is 5.17. The van der Waals surface area contributed by atoms with Gasteiger partial charge in [0.2, 0.25) is 15.9 Å². The molecule has 0 saturated heterocycles. The summed E-state index contributed by atoms with van der Waals surface area (Å²) in [6.45, 7) is 3.45. The molecule has 2 aromatic carbocycles. The highest BCUT2D eigenvalue weighted by Gasteiger charge is 2.19. The van der Waals surface area contributed by atoms with Crippen molar-refractivity contribution in [2.45, 2.75) is 20.4 Å². The average molecular weight is 617 g/mol. The van der Waals surface area contributed by atoms with E-state index < -0.39 is 21.7 Å². The van der Waals surface area contributed by atoms with Crippen LogP contribution in [0, 0.1) is 17.6 Å². The van der Waals surface area contributed by atoms with Gasteiger partial charge in [0.05, 0.1) is 34.9 Å². The third-order valence-electron chi connectivity index (χ3n) is 6.89. The maximum absolute atomic E-state index is 15.3. The molecular weight excluding hydrogens is 590 g/mol. The molecule has 224 valence electrons. The van der Waals surface area contributed by atoms with Crippen molar-refractivity contribution in [1.82, 2.24) is 34.9 Å². The fraction of sp³-hybridized carbons (Fsp3) is 0.167. The Morgan fingerprint density at radius 3 is 2.59 bits per heavy atom. The van der Waals surface area contributed by atoms with Crippen LogP contribution >= 0.6 is 0 Å². The minimum atomic E-state index is -3.48. The summed E-state index contributed by atoms with van der Waals surface area (Å²) in [6.07, 6.45) is 5.57. The molecule has 0 fully saturated rings. The highest BCUT2D eigenvalue weighted by Crippen LogP contribution is 2.34. The third kappa shape index (κ3) is 5.89. The molecule has 6 rings (SSSR count). The summed E-state index contributed by atoms with van der Waals surface area (Å²) in [4.78, 5) is 28.7. The number of anilines is 1. The number of carbonyl (C=O) groups is 1. The minimum absolute atomic E-state index is 0.0912. The highest BCUT2D eigenvalue weighted by atomic mass is 32.2. The van der Waals surface area contributed by atoms with E-state index in [0.29, 0.717) is 61.5 Å². The Bertz CT molecular complexity index is 2180. The maximum atomic E-state index is 15.3. The Balaban J connectivity index is 1.40. The Morgan fingerprint density at radius 2 is 1.82 bits per heavy atom. The van der Waals surface area contributed by atoms with Crippen LogP contribution in [0.2, 0.25) is 0 Å². The first-order valence-electron chi connectivity index (χ1n) is 13.5. The van der Waals surface area contributed by atoms with Gasteiger partial charge in [-0.2, -0.15) is 5.10 Å². The van der Waals surface area contributed by atoms with Crippen LogP contribution in [-0.4, -0.2) is 50.7 Å². The number of benzene rings is 2. The van der Waals surface area contributed by atoms with Crippen molar-refractivity contribution in [3.8, 4) is 33.9 Å². The number of imidazole rings is 1. The van der Waals surface area contributed by atoms with E-state index in [4.69, 9.17) is 4.98 Å². The molecule has 0 bridgehead atoms. The van der Waals surface area contributed by atoms with Gasteiger partial charge >= 0.3 is 0 Å². The van der Waals surface area contributed by atoms with E-state index in [1.54, 1.807) is 44.3 Å². The molecule has 4 heterocycles. The summed E-state index contributed by atoms with van der Waals surface area (Å²) in [5, 5.41) is 10.6. The first kappa shape index (κ1) is 29.0. The standard InChI is InChI=1S/C30H26F2N8O3S/c1-15(2)30(41)36-20-9-18(13-33-14-20)21-10-22-25(11-23(21)32)39-40-27(22)29-37-24-4-5-34-26(28(24)38-29)17-6-16(7-19(31)8-17)12-35-44(3,42)43/h4-11,13-15,35H,12H2,1-3H3,(H,36,41)(H,37,38)(H,39,40). The van der Waals surface area contributed by atoms with Crippen LogP contribution in [0.4, 0.5) is 14.5 Å². The Morgan fingerprint density at radius 1 is 1.00 bits per heavy atom. The van der Waals surface area contributed by atoms with E-state index in [2.05, 4.69) is 35.2 Å². The van der Waals surface area contributed by atoms with E-state index in [-0.39, 0.29) is 23.9 Å². The molecule has 44 heavy (non-hydrogen) atoms. The Kier molecular flexibility index (Phi) is 7.39. The molecule has 6 aromatic rings. The largest absolute Gasteiger partial charge is 0.336 e. The van der Waals surface area contributed by atoms with Crippen LogP contribution in [0.5, 0.6) is 0 Å². The summed E-state index contributed by atoms with van der Waals surface area (Å²) in [5.74, 6) is -1.12. The number of aromatic nitrogens is 6. The quantitative estimate of drug-likeness (QED) is 0.184. The first-order valence-corrected chi connectivity index (χ1v) is 15.4. The van der Waals surface area contributed by atoms with Gasteiger partial charge in [-0.25, -0.2) is 26.9 Å². The van der Waals surface area contributed by atoms with Crippen molar-refractivity contribution in [1.29, 1.82) is 0 Å². The molecule has 4 N–H and O–H groups in total. The second-order valence-electron chi connectivity index (χ2n) is 10.6. The lowest BCUT2D eigenvalue weighted by Gasteiger charge is -2.09. The molecule has 1 amide bonds. The topological polar surface area (TPSA) is 158 Å². The van der Waals surface area contributed by atoms with Crippen molar-refractivity contribution < 1.29 is 22.0 Å². The van der Waals surface area contributed by atoms with Gasteiger partial charge in [0, 0.05) is 53.0 Å². The number of fused-ring (bicyclic) bond motifs is 2. The molecule has 14 heteroatoms. The molecule has 0 aliphatic rings. The number of nitrogens with one attached hydrogen (secondary N) is 4. The minimum Gasteiger partial charge on any atom is -0.336 e. The van der Waals surface area contributed by atoms with Crippen molar-refractivity contribution in [3.63, 3.8) is 0 Å². The van der Waals surface area contributed by atoms with Crippen LogP contribution in [0.1, 0.15) is 19.4 Å².